The molecule has 1 aliphatic carbocycles. The van der Waals surface area contributed by atoms with Gasteiger partial charge in [-0.1, -0.05) is 6.07 Å². The van der Waals surface area contributed by atoms with Crippen molar-refractivity contribution in [2.75, 3.05) is 26.5 Å². The van der Waals surface area contributed by atoms with Gasteiger partial charge in [0.1, 0.15) is 11.5 Å². The normalized spacial score (nSPS) is 14.1. The van der Waals surface area contributed by atoms with E-state index in [-0.39, 0.29) is 35.1 Å². The topological polar surface area (TPSA) is 152 Å². The molecule has 1 heterocycles. The third-order valence-electron chi connectivity index (χ3n) is 4.92. The molecule has 1 aromatic heterocycles. The third-order valence-corrected chi connectivity index (χ3v) is 5.18. The molecule has 1 fully saturated rings. The number of hydrazone groups is 1. The lowest BCUT2D eigenvalue weighted by Gasteiger charge is -2.15. The lowest BCUT2D eigenvalue weighted by atomic mass is 10.1. The van der Waals surface area contributed by atoms with E-state index in [4.69, 9.17) is 27.9 Å². The van der Waals surface area contributed by atoms with Gasteiger partial charge in [-0.25, -0.2) is 16.0 Å². The van der Waals surface area contributed by atoms with Crippen molar-refractivity contribution in [1.29, 1.82) is 0 Å². The molecule has 0 spiro atoms. The van der Waals surface area contributed by atoms with Crippen LogP contribution in [0.15, 0.2) is 40.6 Å². The lowest BCUT2D eigenvalue weighted by Crippen LogP contribution is -2.29. The van der Waals surface area contributed by atoms with Crippen molar-refractivity contribution in [3.05, 3.63) is 46.9 Å². The Bertz CT molecular complexity index is 1150. The summed E-state index contributed by atoms with van der Waals surface area (Å²) in [5.41, 5.74) is 7.21. The number of hydrazine groups is 1. The molecule has 176 valence electrons. The quantitative estimate of drug-likeness (QED) is 0.147. The fourth-order valence-electron chi connectivity index (χ4n) is 3.15. The molecule has 1 saturated carbocycles. The highest BCUT2D eigenvalue weighted by molar-refractivity contribution is 6.15. The van der Waals surface area contributed by atoms with Crippen molar-refractivity contribution in [3.8, 4) is 5.75 Å². The number of anilines is 1. The highest BCUT2D eigenvalue weighted by atomic mass is 35.5. The fourth-order valence-corrected chi connectivity index (χ4v) is 3.34. The number of benzene rings is 1. The van der Waals surface area contributed by atoms with Gasteiger partial charge in [0.25, 0.3) is 5.91 Å². The van der Waals surface area contributed by atoms with Crippen LogP contribution in [0.25, 0.3) is 0 Å². The molecule has 0 saturated heterocycles. The number of carbonyl (C=O) groups is 2. The van der Waals surface area contributed by atoms with Crippen LogP contribution < -0.4 is 32.3 Å². The second-order valence-corrected chi connectivity index (χ2v) is 7.66. The largest absolute Gasteiger partial charge is 0.494 e. The van der Waals surface area contributed by atoms with Crippen LogP contribution in [-0.2, 0) is 10.8 Å². The third kappa shape index (κ3) is 5.62. The average Bonchev–Trinajstić information content (AvgIpc) is 3.63. The highest BCUT2D eigenvalue weighted by Crippen LogP contribution is 2.32. The SMILES string of the molecule is CNC(=O)c1cn(CCl)c(NC(=O)C2CC2)cc1=Nc1cccc(/C(N)=N/N(C)N)c1OC. The van der Waals surface area contributed by atoms with Crippen LogP contribution in [0.5, 0.6) is 5.75 Å². The Kier molecular flexibility index (Phi) is 7.56. The van der Waals surface area contributed by atoms with Crippen LogP contribution in [0.2, 0.25) is 0 Å². The number of amides is 2. The number of rotatable bonds is 8. The molecule has 0 aliphatic heterocycles. The molecule has 0 radical (unpaired) electrons. The second-order valence-electron chi connectivity index (χ2n) is 7.42. The number of amidine groups is 1. The summed E-state index contributed by atoms with van der Waals surface area (Å²) in [6, 6.07) is 6.79. The van der Waals surface area contributed by atoms with E-state index in [1.807, 2.05) is 0 Å². The van der Waals surface area contributed by atoms with E-state index in [0.717, 1.165) is 18.0 Å². The number of alkyl halides is 1. The van der Waals surface area contributed by atoms with Gasteiger partial charge in [0, 0.05) is 32.3 Å². The minimum atomic E-state index is -0.367. The number of methoxy groups -OCH3 is 1. The summed E-state index contributed by atoms with van der Waals surface area (Å²) in [5, 5.41) is 10.9. The number of carbonyl (C=O) groups excluding carboxylic acids is 2. The molecule has 1 aromatic carbocycles. The summed E-state index contributed by atoms with van der Waals surface area (Å²) < 4.78 is 7.12. The zero-order valence-electron chi connectivity index (χ0n) is 18.6. The molecular weight excluding hydrogens is 448 g/mol. The van der Waals surface area contributed by atoms with Gasteiger partial charge in [-0.05, 0) is 25.0 Å². The standard InChI is InChI=1S/C21H27ClN8O3/c1-25-21(32)14-10-30(11-22)17(27-20(31)12-7-8-12)9-16(14)26-15-6-4-5-13(18(15)33-3)19(23)28-29(2)24/h4-6,9-10,12H,7-8,11,24H2,1-3H3,(H2,23,28)(H,25,32)(H,27,31). The molecule has 12 heteroatoms. The van der Waals surface area contributed by atoms with Gasteiger partial charge in [-0.2, -0.15) is 0 Å². The smallest absolute Gasteiger partial charge is 0.254 e. The first-order valence-corrected chi connectivity index (χ1v) is 10.7. The van der Waals surface area contributed by atoms with Gasteiger partial charge >= 0.3 is 0 Å². The zero-order chi connectivity index (χ0) is 24.1. The van der Waals surface area contributed by atoms with E-state index in [2.05, 4.69) is 20.7 Å². The Morgan fingerprint density at radius 2 is 2.06 bits per heavy atom. The highest BCUT2D eigenvalue weighted by Gasteiger charge is 2.30. The summed E-state index contributed by atoms with van der Waals surface area (Å²) in [4.78, 5) is 29.6. The van der Waals surface area contributed by atoms with Crippen LogP contribution >= 0.6 is 11.6 Å². The number of hydrogen-bond acceptors (Lipinski definition) is 7. The van der Waals surface area contributed by atoms with Crippen LogP contribution in [-0.4, -0.2) is 48.5 Å². The summed E-state index contributed by atoms with van der Waals surface area (Å²) in [5.74, 6) is 6.01. The maximum absolute atomic E-state index is 12.6. The molecule has 2 aromatic rings. The number of pyridine rings is 1. The number of hydrogen-bond donors (Lipinski definition) is 4. The second kappa shape index (κ2) is 10.4. The van der Waals surface area contributed by atoms with Crippen LogP contribution in [0.1, 0.15) is 28.8 Å². The number of halogens is 1. The van der Waals surface area contributed by atoms with Crippen LogP contribution in [0.4, 0.5) is 11.5 Å². The van der Waals surface area contributed by atoms with E-state index in [0.29, 0.717) is 28.2 Å². The lowest BCUT2D eigenvalue weighted by molar-refractivity contribution is -0.117. The molecule has 0 unspecified atom stereocenters. The van der Waals surface area contributed by atoms with Crippen LogP contribution in [0, 0.1) is 5.92 Å². The first-order valence-electron chi connectivity index (χ1n) is 10.2. The van der Waals surface area contributed by atoms with Crippen molar-refractivity contribution in [3.63, 3.8) is 0 Å². The average molecular weight is 475 g/mol. The number of nitrogens with one attached hydrogen (secondary N) is 2. The Balaban J connectivity index is 2.20. The predicted molar refractivity (Wildman–Crippen MR) is 126 cm³/mol. The Labute approximate surface area is 196 Å². The number of ether oxygens (including phenoxy) is 1. The molecule has 0 bridgehead atoms. The van der Waals surface area contributed by atoms with Gasteiger partial charge in [-0.3, -0.25) is 9.59 Å². The van der Waals surface area contributed by atoms with Gasteiger partial charge in [-0.15, -0.1) is 16.7 Å². The maximum Gasteiger partial charge on any atom is 0.254 e. The van der Waals surface area contributed by atoms with E-state index in [9.17, 15) is 9.59 Å². The van der Waals surface area contributed by atoms with E-state index in [1.165, 1.54) is 21.2 Å². The summed E-state index contributed by atoms with van der Waals surface area (Å²) in [6.45, 7) is 0. The van der Waals surface area contributed by atoms with Gasteiger partial charge in [0.2, 0.25) is 5.91 Å². The van der Waals surface area contributed by atoms with Gasteiger partial charge < -0.3 is 25.7 Å². The Morgan fingerprint density at radius 1 is 1.33 bits per heavy atom. The minimum absolute atomic E-state index is 0.00695. The Hall–Kier alpha value is -3.57. The molecule has 33 heavy (non-hydrogen) atoms. The predicted octanol–water partition coefficient (Wildman–Crippen LogP) is 1.06. The molecule has 3 rings (SSSR count). The summed E-state index contributed by atoms with van der Waals surface area (Å²) >= 11 is 6.08. The number of nitrogens with two attached hydrogens (primary N) is 2. The zero-order valence-corrected chi connectivity index (χ0v) is 19.4. The van der Waals surface area contributed by atoms with Crippen molar-refractivity contribution >= 4 is 40.8 Å². The molecule has 6 N–H and O–H groups in total. The van der Waals surface area contributed by atoms with Crippen molar-refractivity contribution in [2.24, 2.45) is 27.6 Å². The molecular formula is C21H27ClN8O3. The first-order chi connectivity index (χ1) is 15.8. The molecule has 1 aliphatic rings. The summed E-state index contributed by atoms with van der Waals surface area (Å²) in [7, 11) is 4.53. The van der Waals surface area contributed by atoms with Gasteiger partial charge in [0.05, 0.1) is 29.6 Å². The Morgan fingerprint density at radius 3 is 2.64 bits per heavy atom. The van der Waals surface area contributed by atoms with Crippen LogP contribution in [0.3, 0.4) is 0 Å². The van der Waals surface area contributed by atoms with Crippen molar-refractivity contribution < 1.29 is 14.3 Å². The van der Waals surface area contributed by atoms with Crippen molar-refractivity contribution in [2.45, 2.75) is 18.8 Å². The fraction of sp³-hybridized carbons (Fsp3) is 0.333. The van der Waals surface area contributed by atoms with E-state index >= 15 is 0 Å². The number of aromatic nitrogens is 1. The molecule has 11 nitrogen and oxygen atoms in total. The molecule has 0 atom stereocenters. The maximum atomic E-state index is 12.6. The monoisotopic (exact) mass is 474 g/mol. The van der Waals surface area contributed by atoms with Crippen molar-refractivity contribution in [1.82, 2.24) is 15.0 Å². The summed E-state index contributed by atoms with van der Waals surface area (Å²) in [6.07, 6.45) is 3.25. The van der Waals surface area contributed by atoms with Gasteiger partial charge in [0.15, 0.2) is 11.6 Å². The van der Waals surface area contributed by atoms with E-state index in [1.54, 1.807) is 35.0 Å². The number of nitrogens with zero attached hydrogens (tertiary/aromatic N) is 4. The first kappa shape index (κ1) is 24.1. The van der Waals surface area contributed by atoms with E-state index < -0.39 is 0 Å². The number of para-hydroxylation sites is 1. The molecule has 2 amide bonds. The minimum Gasteiger partial charge on any atom is -0.494 e.